The van der Waals surface area contributed by atoms with Crippen molar-refractivity contribution >= 4 is 59.0 Å². The fraction of sp³-hybridized carbons (Fsp3) is 0.172. The van der Waals surface area contributed by atoms with E-state index in [0.29, 0.717) is 49.6 Å². The fourth-order valence-electron chi connectivity index (χ4n) is 4.81. The average Bonchev–Trinajstić information content (AvgIpc) is 3.67. The van der Waals surface area contributed by atoms with Gasteiger partial charge in [-0.15, -0.1) is 5.10 Å². The Labute approximate surface area is 241 Å². The first kappa shape index (κ1) is 26.1. The van der Waals surface area contributed by atoms with Crippen LogP contribution in [0.3, 0.4) is 0 Å². The highest BCUT2D eigenvalue weighted by Crippen LogP contribution is 2.39. The molecule has 0 radical (unpaired) electrons. The van der Waals surface area contributed by atoms with E-state index >= 15 is 0 Å². The molecule has 5 aromatic rings. The first-order chi connectivity index (χ1) is 19.3. The molecule has 1 aliphatic carbocycles. The molecule has 1 unspecified atom stereocenters. The summed E-state index contributed by atoms with van der Waals surface area (Å²) in [4.78, 5) is 4.47. The number of nitrogens with zero attached hydrogens (tertiary/aromatic N) is 5. The number of hydrogen-bond donors (Lipinski definition) is 2. The second-order valence-corrected chi connectivity index (χ2v) is 10.9. The maximum absolute atomic E-state index is 13.9. The molecule has 198 valence electrons. The molecular formula is C29H23BCl2FN7. The van der Waals surface area contributed by atoms with E-state index in [-0.39, 0.29) is 5.82 Å². The molecule has 1 saturated carbocycles. The fourth-order valence-corrected chi connectivity index (χ4v) is 5.25. The van der Waals surface area contributed by atoms with Gasteiger partial charge < -0.3 is 10.6 Å². The van der Waals surface area contributed by atoms with Crippen molar-refractivity contribution < 1.29 is 4.39 Å². The van der Waals surface area contributed by atoms with E-state index in [1.165, 1.54) is 18.3 Å². The SMILES string of the molecule is BC(Nc1cc(Cl)c2ncc(C#N)c(Nc3cccc(Cl)c3C)c2c1)(c1ccc(F)cc1)c1cn(C2CC2)nn1. The van der Waals surface area contributed by atoms with Gasteiger partial charge in [-0.25, -0.2) is 9.07 Å². The molecule has 40 heavy (non-hydrogen) atoms. The molecule has 11 heteroatoms. The molecule has 3 aromatic carbocycles. The zero-order chi connectivity index (χ0) is 28.0. The summed E-state index contributed by atoms with van der Waals surface area (Å²) in [5.74, 6) is -0.330. The molecule has 0 amide bonds. The minimum absolute atomic E-state index is 0.330. The van der Waals surface area contributed by atoms with Crippen LogP contribution >= 0.6 is 23.2 Å². The average molecular weight is 570 g/mol. The van der Waals surface area contributed by atoms with Gasteiger partial charge in [0.2, 0.25) is 0 Å². The third-order valence-electron chi connectivity index (χ3n) is 7.33. The lowest BCUT2D eigenvalue weighted by molar-refractivity contribution is 0.610. The van der Waals surface area contributed by atoms with E-state index in [2.05, 4.69) is 32.0 Å². The second-order valence-electron chi connectivity index (χ2n) is 10.1. The Morgan fingerprint density at radius 2 is 1.90 bits per heavy atom. The van der Waals surface area contributed by atoms with Crippen LogP contribution < -0.4 is 10.6 Å². The molecule has 6 rings (SSSR count). The maximum atomic E-state index is 13.9. The molecule has 7 nitrogen and oxygen atoms in total. The molecule has 0 saturated heterocycles. The number of halogens is 3. The highest BCUT2D eigenvalue weighted by atomic mass is 35.5. The Morgan fingerprint density at radius 1 is 1.12 bits per heavy atom. The lowest BCUT2D eigenvalue weighted by atomic mass is 9.69. The molecule has 0 aliphatic heterocycles. The summed E-state index contributed by atoms with van der Waals surface area (Å²) in [5, 5.41) is 27.4. The van der Waals surface area contributed by atoms with Gasteiger partial charge in [-0.1, -0.05) is 46.6 Å². The van der Waals surface area contributed by atoms with Crippen molar-refractivity contribution in [1.29, 1.82) is 5.26 Å². The van der Waals surface area contributed by atoms with Crippen molar-refractivity contribution in [1.82, 2.24) is 20.0 Å². The van der Waals surface area contributed by atoms with Crippen LogP contribution in [-0.4, -0.2) is 27.8 Å². The number of pyridine rings is 1. The molecule has 2 aromatic heterocycles. The predicted molar refractivity (Wildman–Crippen MR) is 159 cm³/mol. The lowest BCUT2D eigenvalue weighted by Crippen LogP contribution is -2.37. The molecule has 2 N–H and O–H groups in total. The van der Waals surface area contributed by atoms with Crippen LogP contribution in [0.25, 0.3) is 10.9 Å². The maximum Gasteiger partial charge on any atom is 0.148 e. The number of hydrogen-bond acceptors (Lipinski definition) is 6. The first-order valence-corrected chi connectivity index (χ1v) is 13.5. The molecule has 1 fully saturated rings. The van der Waals surface area contributed by atoms with Crippen molar-refractivity contribution in [2.75, 3.05) is 10.6 Å². The number of benzene rings is 3. The molecular weight excluding hydrogens is 547 g/mol. The van der Waals surface area contributed by atoms with Gasteiger partial charge in [-0.05, 0) is 67.3 Å². The zero-order valence-electron chi connectivity index (χ0n) is 21.7. The van der Waals surface area contributed by atoms with E-state index in [9.17, 15) is 9.65 Å². The Morgan fingerprint density at radius 3 is 2.62 bits per heavy atom. The smallest absolute Gasteiger partial charge is 0.148 e. The lowest BCUT2D eigenvalue weighted by Gasteiger charge is -2.31. The van der Waals surface area contributed by atoms with Gasteiger partial charge in [-0.3, -0.25) is 4.98 Å². The molecule has 0 bridgehead atoms. The highest BCUT2D eigenvalue weighted by Gasteiger charge is 2.34. The minimum atomic E-state index is -0.880. The quantitative estimate of drug-likeness (QED) is 0.218. The van der Waals surface area contributed by atoms with E-state index < -0.39 is 5.44 Å². The van der Waals surface area contributed by atoms with Crippen LogP contribution in [0.1, 0.15) is 41.3 Å². The van der Waals surface area contributed by atoms with Crippen LogP contribution in [0.2, 0.25) is 10.0 Å². The topological polar surface area (TPSA) is 91.5 Å². The predicted octanol–water partition coefficient (Wildman–Crippen LogP) is 6.48. The zero-order valence-corrected chi connectivity index (χ0v) is 23.2. The Kier molecular flexibility index (Phi) is 6.61. The monoisotopic (exact) mass is 569 g/mol. The summed E-state index contributed by atoms with van der Waals surface area (Å²) in [6.07, 6.45) is 5.57. The Bertz CT molecular complexity index is 1800. The van der Waals surface area contributed by atoms with E-state index in [0.717, 1.165) is 29.7 Å². The van der Waals surface area contributed by atoms with Crippen LogP contribution in [-0.2, 0) is 5.44 Å². The number of nitriles is 1. The number of anilines is 3. The number of fused-ring (bicyclic) bond motifs is 1. The Balaban J connectivity index is 1.48. The van der Waals surface area contributed by atoms with Gasteiger partial charge in [0.15, 0.2) is 0 Å². The van der Waals surface area contributed by atoms with Crippen LogP contribution in [0.5, 0.6) is 0 Å². The van der Waals surface area contributed by atoms with Crippen molar-refractivity contribution in [2.24, 2.45) is 0 Å². The second kappa shape index (κ2) is 10.1. The summed E-state index contributed by atoms with van der Waals surface area (Å²) >= 11 is 13.1. The van der Waals surface area contributed by atoms with E-state index in [1.807, 2.05) is 49.9 Å². The highest BCUT2D eigenvalue weighted by molar-refractivity contribution is 6.36. The van der Waals surface area contributed by atoms with Gasteiger partial charge in [-0.2, -0.15) is 5.26 Å². The van der Waals surface area contributed by atoms with Crippen LogP contribution in [0, 0.1) is 24.1 Å². The third-order valence-corrected chi connectivity index (χ3v) is 8.03. The van der Waals surface area contributed by atoms with Crippen LogP contribution in [0.4, 0.5) is 21.5 Å². The summed E-state index contributed by atoms with van der Waals surface area (Å²) in [6, 6.07) is 18.1. The first-order valence-electron chi connectivity index (χ1n) is 12.8. The van der Waals surface area contributed by atoms with E-state index in [1.54, 1.807) is 18.2 Å². The molecule has 1 atom stereocenters. The molecule has 0 spiro atoms. The van der Waals surface area contributed by atoms with Gasteiger partial charge in [0.25, 0.3) is 0 Å². The molecule has 1 aliphatic rings. The van der Waals surface area contributed by atoms with Crippen molar-refractivity contribution in [3.63, 3.8) is 0 Å². The summed E-state index contributed by atoms with van der Waals surface area (Å²) in [5.41, 5.74) is 4.32. The van der Waals surface area contributed by atoms with Gasteiger partial charge in [0.1, 0.15) is 25.4 Å². The number of nitrogens with one attached hydrogen (secondary N) is 2. The van der Waals surface area contributed by atoms with Crippen molar-refractivity contribution in [3.8, 4) is 6.07 Å². The van der Waals surface area contributed by atoms with Gasteiger partial charge >= 0.3 is 0 Å². The Hall–Kier alpha value is -4.13. The summed E-state index contributed by atoms with van der Waals surface area (Å²) in [7, 11) is 1.97. The molecule has 2 heterocycles. The third kappa shape index (κ3) is 4.74. The van der Waals surface area contributed by atoms with Crippen molar-refractivity contribution in [2.45, 2.75) is 31.2 Å². The summed E-state index contributed by atoms with van der Waals surface area (Å²) < 4.78 is 15.8. The largest absolute Gasteiger partial charge is 0.378 e. The van der Waals surface area contributed by atoms with Gasteiger partial charge in [0, 0.05) is 28.0 Å². The normalized spacial score (nSPS) is 14.5. The van der Waals surface area contributed by atoms with Gasteiger partial charge in [0.05, 0.1) is 39.5 Å². The van der Waals surface area contributed by atoms with Crippen molar-refractivity contribution in [3.05, 3.63) is 105 Å². The number of rotatable bonds is 7. The summed E-state index contributed by atoms with van der Waals surface area (Å²) in [6.45, 7) is 1.91. The van der Waals surface area contributed by atoms with Crippen LogP contribution in [0.15, 0.2) is 67.0 Å². The number of aromatic nitrogens is 4. The minimum Gasteiger partial charge on any atom is -0.378 e. The van der Waals surface area contributed by atoms with E-state index in [4.69, 9.17) is 23.2 Å². The standard InChI is InChI=1S/C29H23BCl2FN7/c1-16-23(31)3-2-4-25(16)36-27-17(13-34)14-35-28-22(27)11-20(12-24(28)32)37-29(30,18-5-7-19(33)8-6-18)26-15-40(39-38-26)21-9-10-21/h2-8,11-12,14-15,21,37H,9-10,30H2,1H3,(H,35,36).